The number of fused-ring (bicyclic) bond motifs is 1. The van der Waals surface area contributed by atoms with Crippen LogP contribution >= 0.6 is 15.9 Å². The first-order valence-electron chi connectivity index (χ1n) is 7.86. The number of hydrogen-bond acceptors (Lipinski definition) is 5. The molecule has 120 valence electrons. The third-order valence-corrected chi connectivity index (χ3v) is 4.91. The van der Waals surface area contributed by atoms with Crippen molar-refractivity contribution in [1.29, 1.82) is 0 Å². The van der Waals surface area contributed by atoms with E-state index in [0.29, 0.717) is 23.5 Å². The Kier molecular flexibility index (Phi) is 3.80. The third kappa shape index (κ3) is 2.85. The molecule has 2 aromatic heterocycles. The lowest BCUT2D eigenvalue weighted by molar-refractivity contribution is 0.0713. The molecule has 0 saturated carbocycles. The third-order valence-electron chi connectivity index (χ3n) is 4.48. The van der Waals surface area contributed by atoms with Crippen molar-refractivity contribution in [3.63, 3.8) is 0 Å². The van der Waals surface area contributed by atoms with Gasteiger partial charge in [0.25, 0.3) is 5.91 Å². The van der Waals surface area contributed by atoms with Gasteiger partial charge in [-0.05, 0) is 59.0 Å². The lowest BCUT2D eigenvalue weighted by Gasteiger charge is -2.34. The Morgan fingerprint density at radius 1 is 1.13 bits per heavy atom. The zero-order chi connectivity index (χ0) is 15.8. The highest BCUT2D eigenvalue weighted by molar-refractivity contribution is 9.10. The van der Waals surface area contributed by atoms with Gasteiger partial charge in [0.2, 0.25) is 0 Å². The number of hydrogen-bond donors (Lipinski definition) is 0. The molecule has 0 radical (unpaired) electrons. The van der Waals surface area contributed by atoms with Crippen LogP contribution in [0.2, 0.25) is 0 Å². The van der Waals surface area contributed by atoms with Crippen molar-refractivity contribution in [2.24, 2.45) is 0 Å². The van der Waals surface area contributed by atoms with Crippen molar-refractivity contribution in [1.82, 2.24) is 15.1 Å². The van der Waals surface area contributed by atoms with E-state index in [2.05, 4.69) is 37.1 Å². The van der Waals surface area contributed by atoms with Gasteiger partial charge in [-0.3, -0.25) is 4.79 Å². The molecule has 1 aliphatic carbocycles. The predicted octanol–water partition coefficient (Wildman–Crippen LogP) is 2.28. The van der Waals surface area contributed by atoms with E-state index in [0.717, 1.165) is 37.4 Å². The van der Waals surface area contributed by atoms with Crippen LogP contribution in [0.4, 0.5) is 5.82 Å². The molecule has 1 amide bonds. The number of nitrogens with zero attached hydrogens (tertiary/aromatic N) is 4. The molecule has 7 heteroatoms. The molecule has 0 N–H and O–H groups in total. The number of carbonyl (C=O) groups is 1. The maximum absolute atomic E-state index is 12.4. The Balaban J connectivity index is 1.42. The summed E-state index contributed by atoms with van der Waals surface area (Å²) in [5.41, 5.74) is 2.47. The monoisotopic (exact) mass is 376 g/mol. The number of furan rings is 1. The smallest absolute Gasteiger partial charge is 0.289 e. The standard InChI is InChI=1S/C16H17BrN4O2/c17-14-5-4-13(23-14)16(22)21-8-6-20(7-9-21)15-10-11-2-1-3-12(11)18-19-15/h4-5,10H,1-3,6-9H2. The van der Waals surface area contributed by atoms with Gasteiger partial charge in [-0.25, -0.2) is 0 Å². The number of carbonyl (C=O) groups excluding carboxylic acids is 1. The molecule has 0 spiro atoms. The first-order valence-corrected chi connectivity index (χ1v) is 8.65. The highest BCUT2D eigenvalue weighted by atomic mass is 79.9. The van der Waals surface area contributed by atoms with Crippen LogP contribution in [0.25, 0.3) is 0 Å². The molecular formula is C16H17BrN4O2. The maximum atomic E-state index is 12.4. The minimum absolute atomic E-state index is 0.0598. The van der Waals surface area contributed by atoms with E-state index in [9.17, 15) is 4.79 Å². The summed E-state index contributed by atoms with van der Waals surface area (Å²) < 4.78 is 5.93. The van der Waals surface area contributed by atoms with Crippen LogP contribution in [-0.2, 0) is 12.8 Å². The molecule has 3 heterocycles. The zero-order valence-corrected chi connectivity index (χ0v) is 14.3. The van der Waals surface area contributed by atoms with E-state index < -0.39 is 0 Å². The van der Waals surface area contributed by atoms with E-state index >= 15 is 0 Å². The van der Waals surface area contributed by atoms with Crippen LogP contribution in [0.15, 0.2) is 27.3 Å². The summed E-state index contributed by atoms with van der Waals surface area (Å²) in [7, 11) is 0. The zero-order valence-electron chi connectivity index (χ0n) is 12.7. The number of amides is 1. The van der Waals surface area contributed by atoms with Gasteiger partial charge in [-0.15, -0.1) is 5.10 Å². The fourth-order valence-corrected chi connectivity index (χ4v) is 3.50. The highest BCUT2D eigenvalue weighted by Gasteiger charge is 2.25. The lowest BCUT2D eigenvalue weighted by atomic mass is 10.2. The number of aromatic nitrogens is 2. The predicted molar refractivity (Wildman–Crippen MR) is 88.6 cm³/mol. The number of halogens is 1. The van der Waals surface area contributed by atoms with Gasteiger partial charge in [-0.1, -0.05) is 0 Å². The molecule has 4 rings (SSSR count). The second kappa shape index (κ2) is 5.96. The summed E-state index contributed by atoms with van der Waals surface area (Å²) >= 11 is 3.23. The molecular weight excluding hydrogens is 360 g/mol. The van der Waals surface area contributed by atoms with E-state index in [-0.39, 0.29) is 5.91 Å². The first-order chi connectivity index (χ1) is 11.2. The van der Waals surface area contributed by atoms with Crippen LogP contribution in [-0.4, -0.2) is 47.2 Å². The van der Waals surface area contributed by atoms with Crippen molar-refractivity contribution in [2.75, 3.05) is 31.1 Å². The van der Waals surface area contributed by atoms with Crippen molar-refractivity contribution in [3.05, 3.63) is 39.9 Å². The average molecular weight is 377 g/mol. The molecule has 0 aromatic carbocycles. The Hall–Kier alpha value is -1.89. The van der Waals surface area contributed by atoms with Crippen LogP contribution < -0.4 is 4.90 Å². The maximum Gasteiger partial charge on any atom is 0.289 e. The van der Waals surface area contributed by atoms with Gasteiger partial charge in [-0.2, -0.15) is 5.10 Å². The van der Waals surface area contributed by atoms with Crippen LogP contribution in [0, 0.1) is 0 Å². The van der Waals surface area contributed by atoms with E-state index in [4.69, 9.17) is 4.42 Å². The summed E-state index contributed by atoms with van der Waals surface area (Å²) in [6, 6.07) is 5.60. The van der Waals surface area contributed by atoms with Crippen LogP contribution in [0.3, 0.4) is 0 Å². The highest BCUT2D eigenvalue weighted by Crippen LogP contribution is 2.24. The molecule has 1 fully saturated rings. The fourth-order valence-electron chi connectivity index (χ4n) is 3.20. The van der Waals surface area contributed by atoms with Gasteiger partial charge < -0.3 is 14.2 Å². The second-order valence-corrected chi connectivity index (χ2v) is 6.69. The van der Waals surface area contributed by atoms with Crippen LogP contribution in [0.1, 0.15) is 28.2 Å². The molecule has 1 aliphatic heterocycles. The van der Waals surface area contributed by atoms with Crippen molar-refractivity contribution in [2.45, 2.75) is 19.3 Å². The molecule has 23 heavy (non-hydrogen) atoms. The summed E-state index contributed by atoms with van der Waals surface area (Å²) in [6.07, 6.45) is 3.32. The van der Waals surface area contributed by atoms with Crippen molar-refractivity contribution < 1.29 is 9.21 Å². The summed E-state index contributed by atoms with van der Waals surface area (Å²) in [6.45, 7) is 2.86. The number of aryl methyl sites for hydroxylation is 2. The van der Waals surface area contributed by atoms with E-state index in [1.807, 2.05) is 4.90 Å². The number of anilines is 1. The number of piperazine rings is 1. The first kappa shape index (κ1) is 14.7. The summed E-state index contributed by atoms with van der Waals surface area (Å²) in [5, 5.41) is 8.70. The summed E-state index contributed by atoms with van der Waals surface area (Å²) in [5.74, 6) is 1.25. The molecule has 0 atom stereocenters. The summed E-state index contributed by atoms with van der Waals surface area (Å²) in [4.78, 5) is 16.4. The molecule has 2 aromatic rings. The molecule has 6 nitrogen and oxygen atoms in total. The quantitative estimate of drug-likeness (QED) is 0.804. The lowest BCUT2D eigenvalue weighted by Crippen LogP contribution is -2.49. The van der Waals surface area contributed by atoms with Gasteiger partial charge in [0.05, 0.1) is 5.69 Å². The fraction of sp³-hybridized carbons (Fsp3) is 0.438. The normalized spacial score (nSPS) is 17.4. The Bertz CT molecular complexity index is 737. The van der Waals surface area contributed by atoms with E-state index in [1.165, 1.54) is 12.0 Å². The Morgan fingerprint density at radius 3 is 2.70 bits per heavy atom. The van der Waals surface area contributed by atoms with Crippen molar-refractivity contribution in [3.8, 4) is 0 Å². The molecule has 1 saturated heterocycles. The largest absolute Gasteiger partial charge is 0.444 e. The average Bonchev–Trinajstić information content (AvgIpc) is 3.22. The second-order valence-electron chi connectivity index (χ2n) is 5.91. The SMILES string of the molecule is O=C(c1ccc(Br)o1)N1CCN(c2cc3c(nn2)CCC3)CC1. The van der Waals surface area contributed by atoms with Crippen LogP contribution in [0.5, 0.6) is 0 Å². The minimum Gasteiger partial charge on any atom is -0.444 e. The Labute approximate surface area is 142 Å². The molecule has 0 bridgehead atoms. The van der Waals surface area contributed by atoms with E-state index in [1.54, 1.807) is 12.1 Å². The Morgan fingerprint density at radius 2 is 1.96 bits per heavy atom. The molecule has 2 aliphatic rings. The van der Waals surface area contributed by atoms with Crippen molar-refractivity contribution >= 4 is 27.7 Å². The number of rotatable bonds is 2. The minimum atomic E-state index is -0.0598. The van der Waals surface area contributed by atoms with Gasteiger partial charge in [0.15, 0.2) is 16.2 Å². The topological polar surface area (TPSA) is 62.5 Å². The molecule has 0 unspecified atom stereocenters. The van der Waals surface area contributed by atoms with Gasteiger partial charge >= 0.3 is 0 Å². The van der Waals surface area contributed by atoms with Gasteiger partial charge in [0.1, 0.15) is 0 Å². The van der Waals surface area contributed by atoms with Gasteiger partial charge in [0, 0.05) is 26.2 Å².